The lowest BCUT2D eigenvalue weighted by Gasteiger charge is -2.18. The van der Waals surface area contributed by atoms with Gasteiger partial charge in [0.05, 0.1) is 17.9 Å². The summed E-state index contributed by atoms with van der Waals surface area (Å²) in [5.41, 5.74) is 2.77. The molecular weight excluding hydrogens is 231 g/mol. The summed E-state index contributed by atoms with van der Waals surface area (Å²) >= 11 is 0. The largest absolute Gasteiger partial charge is 0.490 e. The van der Waals surface area contributed by atoms with Gasteiger partial charge in [0, 0.05) is 12.7 Å². The van der Waals surface area contributed by atoms with Crippen LogP contribution in [0.1, 0.15) is 31.7 Å². The van der Waals surface area contributed by atoms with Gasteiger partial charge in [-0.2, -0.15) is 0 Å². The Morgan fingerprint density at radius 3 is 2.89 bits per heavy atom. The fraction of sp³-hybridized carbons (Fsp3) is 0.583. The van der Waals surface area contributed by atoms with Gasteiger partial charge in [-0.3, -0.25) is 4.57 Å². The van der Waals surface area contributed by atoms with Gasteiger partial charge < -0.3 is 14.3 Å². The van der Waals surface area contributed by atoms with Gasteiger partial charge >= 0.3 is 12.8 Å². The molecule has 0 unspecified atom stereocenters. The molecule has 0 amide bonds. The van der Waals surface area contributed by atoms with E-state index in [9.17, 15) is 4.79 Å². The minimum atomic E-state index is -0.266. The lowest BCUT2D eigenvalue weighted by atomic mass is 9.73. The first-order valence-corrected chi connectivity index (χ1v) is 6.24. The van der Waals surface area contributed by atoms with Crippen molar-refractivity contribution < 1.29 is 9.31 Å². The van der Waals surface area contributed by atoms with E-state index in [2.05, 4.69) is 4.98 Å². The molecule has 0 atom stereocenters. The Morgan fingerprint density at radius 1 is 1.44 bits per heavy atom. The maximum absolute atomic E-state index is 11.6. The number of hydrogen-bond donors (Lipinski definition) is 1. The van der Waals surface area contributed by atoms with Crippen molar-refractivity contribution in [2.75, 3.05) is 6.61 Å². The van der Waals surface area contributed by atoms with Crippen LogP contribution in [0.3, 0.4) is 0 Å². The maximum atomic E-state index is 11.6. The summed E-state index contributed by atoms with van der Waals surface area (Å²) in [6.07, 6.45) is 3.72. The molecule has 3 rings (SSSR count). The van der Waals surface area contributed by atoms with Crippen LogP contribution in [0.25, 0.3) is 6.08 Å². The Kier molecular flexibility index (Phi) is 2.53. The van der Waals surface area contributed by atoms with Crippen LogP contribution in [-0.2, 0) is 22.8 Å². The molecule has 1 N–H and O–H groups in total. The van der Waals surface area contributed by atoms with Crippen LogP contribution in [0.4, 0.5) is 0 Å². The number of fused-ring (bicyclic) bond motifs is 1. The van der Waals surface area contributed by atoms with E-state index in [4.69, 9.17) is 9.31 Å². The highest BCUT2D eigenvalue weighted by Crippen LogP contribution is 2.29. The highest BCUT2D eigenvalue weighted by atomic mass is 16.7. The average molecular weight is 248 g/mol. The van der Waals surface area contributed by atoms with E-state index in [1.807, 2.05) is 19.9 Å². The minimum Gasteiger partial charge on any atom is -0.405 e. The summed E-state index contributed by atoms with van der Waals surface area (Å²) in [4.78, 5) is 14.4. The fourth-order valence-corrected chi connectivity index (χ4v) is 2.48. The highest BCUT2D eigenvalue weighted by Gasteiger charge is 2.40. The van der Waals surface area contributed by atoms with E-state index >= 15 is 0 Å². The smallest absolute Gasteiger partial charge is 0.405 e. The first-order chi connectivity index (χ1) is 8.46. The van der Waals surface area contributed by atoms with Gasteiger partial charge in [-0.15, -0.1) is 0 Å². The molecule has 1 saturated heterocycles. The monoisotopic (exact) mass is 248 g/mol. The minimum absolute atomic E-state index is 0.0638. The number of aromatic amines is 1. The third-order valence-electron chi connectivity index (χ3n) is 3.53. The van der Waals surface area contributed by atoms with Crippen molar-refractivity contribution in [3.63, 3.8) is 0 Å². The number of aromatic nitrogens is 2. The van der Waals surface area contributed by atoms with Crippen LogP contribution in [0.2, 0.25) is 0 Å². The summed E-state index contributed by atoms with van der Waals surface area (Å²) in [7, 11) is 1.51. The first kappa shape index (κ1) is 11.8. The average Bonchev–Trinajstić information content (AvgIpc) is 2.81. The van der Waals surface area contributed by atoms with Crippen LogP contribution < -0.4 is 5.69 Å². The van der Waals surface area contributed by atoms with Crippen molar-refractivity contribution in [1.82, 2.24) is 9.55 Å². The fourth-order valence-electron chi connectivity index (χ4n) is 2.48. The van der Waals surface area contributed by atoms with Crippen molar-refractivity contribution >= 4 is 13.2 Å². The zero-order chi connectivity index (χ0) is 12.9. The lowest BCUT2D eigenvalue weighted by molar-refractivity contribution is 0.136. The van der Waals surface area contributed by atoms with E-state index < -0.39 is 0 Å². The number of H-pyrrole nitrogens is 1. The van der Waals surface area contributed by atoms with Gasteiger partial charge in [-0.1, -0.05) is 0 Å². The van der Waals surface area contributed by atoms with E-state index in [0.29, 0.717) is 6.61 Å². The van der Waals surface area contributed by atoms with E-state index in [1.165, 1.54) is 0 Å². The number of rotatable bonds is 1. The first-order valence-electron chi connectivity index (χ1n) is 6.24. The molecule has 1 aliphatic heterocycles. The van der Waals surface area contributed by atoms with Crippen molar-refractivity contribution in [2.45, 2.75) is 32.3 Å². The summed E-state index contributed by atoms with van der Waals surface area (Å²) in [6.45, 7) is 4.65. The molecule has 0 radical (unpaired) electrons. The molecular formula is C12H17BN2O3. The van der Waals surface area contributed by atoms with Gasteiger partial charge in [0.2, 0.25) is 0 Å². The van der Waals surface area contributed by atoms with Gasteiger partial charge in [-0.25, -0.2) is 4.79 Å². The third kappa shape index (κ3) is 1.85. The zero-order valence-corrected chi connectivity index (χ0v) is 10.9. The van der Waals surface area contributed by atoms with Crippen molar-refractivity contribution in [3.05, 3.63) is 27.3 Å². The number of nitrogens with one attached hydrogen (secondary N) is 1. The number of nitrogens with zero attached hydrogens (tertiary/aromatic N) is 1. The molecule has 1 aliphatic carbocycles. The number of hydrogen-bond acceptors (Lipinski definition) is 3. The second kappa shape index (κ2) is 3.86. The molecule has 0 aromatic carbocycles. The van der Waals surface area contributed by atoms with Crippen molar-refractivity contribution in [3.8, 4) is 0 Å². The standard InChI is InChI=1S/C12H17BN2O3/c1-12(2)7-17-13(18-12)8-4-5-9-10(6-8)15(3)11(16)14-9/h6H,4-5,7H2,1-3H3,(H,14,16). The Morgan fingerprint density at radius 2 is 2.22 bits per heavy atom. The highest BCUT2D eigenvalue weighted by molar-refractivity contribution is 6.55. The van der Waals surface area contributed by atoms with Gasteiger partial charge in [0.1, 0.15) is 0 Å². The molecule has 1 fully saturated rings. The Balaban J connectivity index is 1.92. The molecule has 18 heavy (non-hydrogen) atoms. The summed E-state index contributed by atoms with van der Waals surface area (Å²) < 4.78 is 13.2. The topological polar surface area (TPSA) is 56.2 Å². The quantitative estimate of drug-likeness (QED) is 0.751. The summed E-state index contributed by atoms with van der Waals surface area (Å²) in [6, 6.07) is 0. The Hall–Kier alpha value is -1.27. The zero-order valence-electron chi connectivity index (χ0n) is 10.9. The third-order valence-corrected chi connectivity index (χ3v) is 3.53. The molecule has 1 aromatic heterocycles. The van der Waals surface area contributed by atoms with E-state index in [0.717, 1.165) is 29.7 Å². The van der Waals surface area contributed by atoms with Gasteiger partial charge in [0.15, 0.2) is 0 Å². The molecule has 96 valence electrons. The maximum Gasteiger partial charge on any atom is 0.490 e. The lowest BCUT2D eigenvalue weighted by Crippen LogP contribution is -2.27. The number of imidazole rings is 1. The predicted molar refractivity (Wildman–Crippen MR) is 69.2 cm³/mol. The molecule has 5 nitrogen and oxygen atoms in total. The van der Waals surface area contributed by atoms with Crippen LogP contribution in [0, 0.1) is 0 Å². The molecule has 0 saturated carbocycles. The molecule has 1 aromatic rings. The van der Waals surface area contributed by atoms with Crippen LogP contribution >= 0.6 is 0 Å². The SMILES string of the molecule is Cn1c2c([nH]c1=O)CCC(B1OCC(C)(C)O1)=C2. The molecule has 2 aliphatic rings. The van der Waals surface area contributed by atoms with Crippen LogP contribution in [-0.4, -0.2) is 28.9 Å². The number of allylic oxidation sites excluding steroid dienone is 1. The normalized spacial score (nSPS) is 21.9. The predicted octanol–water partition coefficient (Wildman–Crippen LogP) is 0.896. The Labute approximate surface area is 106 Å². The van der Waals surface area contributed by atoms with E-state index in [-0.39, 0.29) is 18.4 Å². The molecule has 2 heterocycles. The van der Waals surface area contributed by atoms with Crippen molar-refractivity contribution in [1.29, 1.82) is 0 Å². The second-order valence-corrected chi connectivity index (χ2v) is 5.59. The Bertz CT molecular complexity index is 570. The number of aryl methyl sites for hydroxylation is 1. The van der Waals surface area contributed by atoms with Gasteiger partial charge in [-0.05, 0) is 38.2 Å². The molecule has 0 spiro atoms. The molecule has 6 heteroatoms. The van der Waals surface area contributed by atoms with Crippen molar-refractivity contribution in [2.24, 2.45) is 7.05 Å². The van der Waals surface area contributed by atoms with Gasteiger partial charge in [0.25, 0.3) is 0 Å². The molecule has 0 bridgehead atoms. The van der Waals surface area contributed by atoms with E-state index in [1.54, 1.807) is 11.6 Å². The van der Waals surface area contributed by atoms with Crippen LogP contribution in [0.5, 0.6) is 0 Å². The van der Waals surface area contributed by atoms with Crippen LogP contribution in [0.15, 0.2) is 10.3 Å². The second-order valence-electron chi connectivity index (χ2n) is 5.59. The summed E-state index contributed by atoms with van der Waals surface area (Å²) in [5, 5.41) is 0. The summed E-state index contributed by atoms with van der Waals surface area (Å²) in [5.74, 6) is 0.